The van der Waals surface area contributed by atoms with Gasteiger partial charge in [-0.1, -0.05) is 25.9 Å². The van der Waals surface area contributed by atoms with E-state index >= 15 is 0 Å². The van der Waals surface area contributed by atoms with Crippen molar-refractivity contribution < 1.29 is 9.32 Å². The lowest BCUT2D eigenvalue weighted by molar-refractivity contribution is -0.121. The molecule has 7 heteroatoms. The van der Waals surface area contributed by atoms with Crippen molar-refractivity contribution in [2.75, 3.05) is 13.1 Å². The highest BCUT2D eigenvalue weighted by Crippen LogP contribution is 2.39. The number of nitrogens with two attached hydrogens (primary N) is 1. The SMILES string of the molecule is Cc1cc(-c2cnc(C(C)(C)C)nc2C2CCC(CNC(=O)CCN)CC2)on1. The maximum atomic E-state index is 11.7. The molecule has 0 unspecified atom stereocenters. The second-order valence-corrected chi connectivity index (χ2v) is 9.14. The van der Waals surface area contributed by atoms with Crippen LogP contribution in [0.4, 0.5) is 0 Å². The van der Waals surface area contributed by atoms with Gasteiger partial charge in [0, 0.05) is 43.1 Å². The Morgan fingerprint density at radius 1 is 1.28 bits per heavy atom. The normalized spacial score (nSPS) is 19.9. The number of carbonyl (C=O) groups is 1. The molecule has 1 saturated carbocycles. The monoisotopic (exact) mass is 399 g/mol. The largest absolute Gasteiger partial charge is 0.356 e. The van der Waals surface area contributed by atoms with Crippen molar-refractivity contribution in [2.45, 2.75) is 71.1 Å². The highest BCUT2D eigenvalue weighted by atomic mass is 16.5. The lowest BCUT2D eigenvalue weighted by Crippen LogP contribution is -2.32. The number of hydrogen-bond acceptors (Lipinski definition) is 6. The fourth-order valence-electron chi connectivity index (χ4n) is 3.87. The van der Waals surface area contributed by atoms with Crippen LogP contribution in [0.3, 0.4) is 0 Å². The molecule has 1 amide bonds. The van der Waals surface area contributed by atoms with Gasteiger partial charge >= 0.3 is 0 Å². The van der Waals surface area contributed by atoms with Crippen molar-refractivity contribution in [1.82, 2.24) is 20.4 Å². The Hall–Kier alpha value is -2.28. The summed E-state index contributed by atoms with van der Waals surface area (Å²) in [4.78, 5) is 21.3. The van der Waals surface area contributed by atoms with Gasteiger partial charge in [0.1, 0.15) is 5.82 Å². The summed E-state index contributed by atoms with van der Waals surface area (Å²) in [5.74, 6) is 2.49. The molecule has 3 rings (SSSR count). The zero-order chi connectivity index (χ0) is 21.0. The van der Waals surface area contributed by atoms with Crippen molar-refractivity contribution in [3.63, 3.8) is 0 Å². The lowest BCUT2D eigenvalue weighted by Gasteiger charge is -2.30. The maximum Gasteiger partial charge on any atom is 0.221 e. The molecule has 158 valence electrons. The van der Waals surface area contributed by atoms with E-state index in [9.17, 15) is 4.79 Å². The number of nitrogens with one attached hydrogen (secondary N) is 1. The molecule has 0 saturated heterocycles. The standard InChI is InChI=1S/C22H33N5O2/c1-14-11-18(29-27-14)17-13-25-21(22(2,3)4)26-20(17)16-7-5-15(6-8-16)12-24-19(28)9-10-23/h11,13,15-16H,5-10,12,23H2,1-4H3,(H,24,28). The van der Waals surface area contributed by atoms with Gasteiger partial charge in [0.05, 0.1) is 17.0 Å². The minimum atomic E-state index is -0.116. The van der Waals surface area contributed by atoms with Crippen LogP contribution in [0.15, 0.2) is 16.8 Å². The van der Waals surface area contributed by atoms with Crippen molar-refractivity contribution in [2.24, 2.45) is 11.7 Å². The predicted octanol–water partition coefficient (Wildman–Crippen LogP) is 3.48. The second-order valence-electron chi connectivity index (χ2n) is 9.14. The minimum Gasteiger partial charge on any atom is -0.356 e. The predicted molar refractivity (Wildman–Crippen MR) is 112 cm³/mol. The van der Waals surface area contributed by atoms with Crippen LogP contribution in [0.1, 0.15) is 76.0 Å². The Morgan fingerprint density at radius 3 is 2.59 bits per heavy atom. The summed E-state index contributed by atoms with van der Waals surface area (Å²) in [5.41, 5.74) is 8.18. The fraction of sp³-hybridized carbons (Fsp3) is 0.636. The Balaban J connectivity index is 1.76. The molecule has 7 nitrogen and oxygen atoms in total. The number of amides is 1. The van der Waals surface area contributed by atoms with Crippen LogP contribution in [0.2, 0.25) is 0 Å². The van der Waals surface area contributed by atoms with E-state index in [0.29, 0.717) is 24.8 Å². The van der Waals surface area contributed by atoms with E-state index in [1.807, 2.05) is 19.2 Å². The molecule has 2 heterocycles. The summed E-state index contributed by atoms with van der Waals surface area (Å²) >= 11 is 0. The van der Waals surface area contributed by atoms with Crippen LogP contribution in [0.25, 0.3) is 11.3 Å². The Labute approximate surface area is 172 Å². The molecule has 0 bridgehead atoms. The molecule has 0 aliphatic heterocycles. The molecule has 29 heavy (non-hydrogen) atoms. The van der Waals surface area contributed by atoms with Gasteiger partial charge in [0.2, 0.25) is 5.91 Å². The van der Waals surface area contributed by atoms with Crippen LogP contribution < -0.4 is 11.1 Å². The molecule has 0 radical (unpaired) electrons. The van der Waals surface area contributed by atoms with Gasteiger partial charge in [0.15, 0.2) is 5.76 Å². The van der Waals surface area contributed by atoms with Crippen LogP contribution in [0.5, 0.6) is 0 Å². The zero-order valence-corrected chi connectivity index (χ0v) is 18.0. The Morgan fingerprint density at radius 2 is 2.00 bits per heavy atom. The van der Waals surface area contributed by atoms with Gasteiger partial charge in [-0.05, 0) is 38.5 Å². The van der Waals surface area contributed by atoms with E-state index in [0.717, 1.165) is 60.8 Å². The number of carbonyl (C=O) groups excluding carboxylic acids is 1. The number of hydrogen-bond donors (Lipinski definition) is 2. The zero-order valence-electron chi connectivity index (χ0n) is 18.0. The fourth-order valence-corrected chi connectivity index (χ4v) is 3.87. The first-order valence-electron chi connectivity index (χ1n) is 10.6. The highest BCUT2D eigenvalue weighted by molar-refractivity contribution is 5.76. The summed E-state index contributed by atoms with van der Waals surface area (Å²) in [6, 6.07) is 1.94. The lowest BCUT2D eigenvalue weighted by atomic mass is 9.79. The van der Waals surface area contributed by atoms with Crippen LogP contribution in [0, 0.1) is 12.8 Å². The van der Waals surface area contributed by atoms with Gasteiger partial charge in [-0.15, -0.1) is 0 Å². The summed E-state index contributed by atoms with van der Waals surface area (Å²) in [6.45, 7) is 9.44. The average Bonchev–Trinajstić information content (AvgIpc) is 3.12. The van der Waals surface area contributed by atoms with E-state index in [1.165, 1.54) is 0 Å². The topological polar surface area (TPSA) is 107 Å². The summed E-state index contributed by atoms with van der Waals surface area (Å²) in [7, 11) is 0. The third-order valence-corrected chi connectivity index (χ3v) is 5.58. The molecule has 1 aliphatic rings. The molecule has 3 N–H and O–H groups in total. The summed E-state index contributed by atoms with van der Waals surface area (Å²) in [6.07, 6.45) is 6.50. The molecule has 0 aromatic carbocycles. The smallest absolute Gasteiger partial charge is 0.221 e. The number of rotatable bonds is 6. The van der Waals surface area contributed by atoms with Crippen molar-refractivity contribution in [3.05, 3.63) is 29.5 Å². The number of aromatic nitrogens is 3. The van der Waals surface area contributed by atoms with E-state index in [1.54, 1.807) is 0 Å². The van der Waals surface area contributed by atoms with E-state index in [4.69, 9.17) is 15.2 Å². The number of nitrogens with zero attached hydrogens (tertiary/aromatic N) is 3. The molecule has 1 fully saturated rings. The molecular weight excluding hydrogens is 366 g/mol. The van der Waals surface area contributed by atoms with Gasteiger partial charge in [-0.2, -0.15) is 0 Å². The minimum absolute atomic E-state index is 0.0446. The van der Waals surface area contributed by atoms with Gasteiger partial charge in [-0.3, -0.25) is 4.79 Å². The van der Waals surface area contributed by atoms with Gasteiger partial charge in [-0.25, -0.2) is 9.97 Å². The average molecular weight is 400 g/mol. The van der Waals surface area contributed by atoms with E-state index in [2.05, 4.69) is 36.2 Å². The van der Waals surface area contributed by atoms with Gasteiger partial charge in [0.25, 0.3) is 0 Å². The van der Waals surface area contributed by atoms with Crippen molar-refractivity contribution >= 4 is 5.91 Å². The van der Waals surface area contributed by atoms with E-state index in [-0.39, 0.29) is 11.3 Å². The first-order valence-corrected chi connectivity index (χ1v) is 10.6. The second kappa shape index (κ2) is 9.03. The summed E-state index contributed by atoms with van der Waals surface area (Å²) < 4.78 is 5.53. The Bertz CT molecular complexity index is 832. The van der Waals surface area contributed by atoms with Crippen LogP contribution >= 0.6 is 0 Å². The van der Waals surface area contributed by atoms with Gasteiger partial charge < -0.3 is 15.6 Å². The molecule has 2 aromatic rings. The number of aryl methyl sites for hydroxylation is 1. The molecule has 1 aliphatic carbocycles. The maximum absolute atomic E-state index is 11.7. The van der Waals surface area contributed by atoms with E-state index < -0.39 is 0 Å². The third kappa shape index (κ3) is 5.41. The Kier molecular flexibility index (Phi) is 6.67. The van der Waals surface area contributed by atoms with Crippen LogP contribution in [-0.4, -0.2) is 34.1 Å². The quantitative estimate of drug-likeness (QED) is 0.770. The molecular formula is C22H33N5O2. The first-order chi connectivity index (χ1) is 13.8. The molecule has 2 aromatic heterocycles. The van der Waals surface area contributed by atoms with Crippen molar-refractivity contribution in [1.29, 1.82) is 0 Å². The van der Waals surface area contributed by atoms with Crippen LogP contribution in [-0.2, 0) is 10.2 Å². The summed E-state index contributed by atoms with van der Waals surface area (Å²) in [5, 5.41) is 7.05. The highest BCUT2D eigenvalue weighted by Gasteiger charge is 2.29. The van der Waals surface area contributed by atoms with Crippen molar-refractivity contribution in [3.8, 4) is 11.3 Å². The first kappa shape index (κ1) is 21.4. The molecule has 0 spiro atoms. The molecule has 0 atom stereocenters. The third-order valence-electron chi connectivity index (χ3n) is 5.58.